The normalized spacial score (nSPS) is 19.2. The summed E-state index contributed by atoms with van der Waals surface area (Å²) in [6.45, 7) is 1.75. The number of likely N-dealkylation sites (tertiary alicyclic amines) is 1. The lowest BCUT2D eigenvalue weighted by atomic mass is 9.98. The molecule has 1 fully saturated rings. The largest absolute Gasteiger partial charge is 0.342 e. The molecule has 0 radical (unpaired) electrons. The van der Waals surface area contributed by atoms with Crippen molar-refractivity contribution >= 4 is 28.6 Å². The van der Waals surface area contributed by atoms with E-state index in [1.807, 2.05) is 22.5 Å². The van der Waals surface area contributed by atoms with E-state index in [-0.39, 0.29) is 0 Å². The first kappa shape index (κ1) is 13.8. The van der Waals surface area contributed by atoms with Gasteiger partial charge in [-0.25, -0.2) is 4.98 Å². The molecule has 1 saturated heterocycles. The molecular formula is C15H18N2OS2. The lowest BCUT2D eigenvalue weighted by molar-refractivity contribution is -0.132. The summed E-state index contributed by atoms with van der Waals surface area (Å²) in [7, 11) is 0. The van der Waals surface area contributed by atoms with Gasteiger partial charge in [0.25, 0.3) is 0 Å². The Morgan fingerprint density at radius 2 is 2.35 bits per heavy atom. The number of carbonyl (C=O) groups excluding carboxylic acids is 1. The van der Waals surface area contributed by atoms with E-state index in [1.165, 1.54) is 9.88 Å². The van der Waals surface area contributed by atoms with Gasteiger partial charge in [0.05, 0.1) is 5.01 Å². The number of amides is 1. The van der Waals surface area contributed by atoms with Gasteiger partial charge in [-0.05, 0) is 30.7 Å². The molecule has 3 rings (SSSR count). The van der Waals surface area contributed by atoms with Crippen molar-refractivity contribution < 1.29 is 4.79 Å². The molecule has 5 heteroatoms. The minimum absolute atomic E-state index is 0.291. The maximum Gasteiger partial charge on any atom is 0.222 e. The van der Waals surface area contributed by atoms with Crippen molar-refractivity contribution in [2.75, 3.05) is 13.1 Å². The fraction of sp³-hybridized carbons (Fsp3) is 0.467. The average molecular weight is 306 g/mol. The highest BCUT2D eigenvalue weighted by atomic mass is 32.1. The van der Waals surface area contributed by atoms with Crippen LogP contribution >= 0.6 is 22.7 Å². The molecule has 1 amide bonds. The van der Waals surface area contributed by atoms with Crippen LogP contribution in [0.4, 0.5) is 0 Å². The number of hydrogen-bond acceptors (Lipinski definition) is 4. The summed E-state index contributed by atoms with van der Waals surface area (Å²) in [5, 5.41) is 5.27. The molecule has 1 atom stereocenters. The third kappa shape index (κ3) is 3.27. The van der Waals surface area contributed by atoms with Gasteiger partial charge in [0.1, 0.15) is 0 Å². The summed E-state index contributed by atoms with van der Waals surface area (Å²) in [4.78, 5) is 20.1. The molecule has 0 unspecified atom stereocenters. The second kappa shape index (κ2) is 6.50. The van der Waals surface area contributed by atoms with Gasteiger partial charge < -0.3 is 4.90 Å². The van der Waals surface area contributed by atoms with Crippen LogP contribution < -0.4 is 0 Å². The molecule has 0 bridgehead atoms. The van der Waals surface area contributed by atoms with Gasteiger partial charge in [-0.1, -0.05) is 6.07 Å². The van der Waals surface area contributed by atoms with Gasteiger partial charge in [0.15, 0.2) is 0 Å². The van der Waals surface area contributed by atoms with Gasteiger partial charge in [0, 0.05) is 41.9 Å². The highest BCUT2D eigenvalue weighted by Gasteiger charge is 2.25. The lowest BCUT2D eigenvalue weighted by Crippen LogP contribution is -2.39. The molecule has 0 N–H and O–H groups in total. The van der Waals surface area contributed by atoms with Crippen LogP contribution in [0, 0.1) is 0 Å². The number of aryl methyl sites for hydroxylation is 1. The van der Waals surface area contributed by atoms with Gasteiger partial charge in [-0.3, -0.25) is 4.79 Å². The molecule has 0 spiro atoms. The Balaban J connectivity index is 1.55. The maximum atomic E-state index is 12.3. The minimum Gasteiger partial charge on any atom is -0.342 e. The topological polar surface area (TPSA) is 33.2 Å². The molecule has 3 nitrogen and oxygen atoms in total. The molecule has 2 aromatic rings. The van der Waals surface area contributed by atoms with E-state index in [0.717, 1.165) is 32.4 Å². The third-order valence-electron chi connectivity index (χ3n) is 3.74. The van der Waals surface area contributed by atoms with Crippen LogP contribution in [0.15, 0.2) is 29.1 Å². The zero-order valence-electron chi connectivity index (χ0n) is 11.3. The predicted octanol–water partition coefficient (Wildman–Crippen LogP) is 3.54. The molecule has 106 valence electrons. The van der Waals surface area contributed by atoms with Gasteiger partial charge in [-0.15, -0.1) is 22.7 Å². The number of hydrogen-bond donors (Lipinski definition) is 0. The minimum atomic E-state index is 0.291. The molecule has 20 heavy (non-hydrogen) atoms. The number of nitrogens with zero attached hydrogens (tertiary/aromatic N) is 2. The number of rotatable bonds is 4. The smallest absolute Gasteiger partial charge is 0.222 e. The van der Waals surface area contributed by atoms with Crippen LogP contribution in [0.3, 0.4) is 0 Å². The highest BCUT2D eigenvalue weighted by molar-refractivity contribution is 7.10. The van der Waals surface area contributed by atoms with E-state index in [2.05, 4.69) is 16.4 Å². The molecule has 2 aromatic heterocycles. The Hall–Kier alpha value is -1.20. The number of carbonyl (C=O) groups is 1. The molecule has 0 aromatic carbocycles. The average Bonchev–Trinajstić information content (AvgIpc) is 3.18. The van der Waals surface area contributed by atoms with Crippen molar-refractivity contribution in [3.8, 4) is 0 Å². The number of thiazole rings is 1. The monoisotopic (exact) mass is 306 g/mol. The predicted molar refractivity (Wildman–Crippen MR) is 83.3 cm³/mol. The Morgan fingerprint density at radius 3 is 3.10 bits per heavy atom. The fourth-order valence-corrected chi connectivity index (χ4v) is 4.16. The number of piperidine rings is 1. The summed E-state index contributed by atoms with van der Waals surface area (Å²) < 4.78 is 0. The Morgan fingerprint density at radius 1 is 1.40 bits per heavy atom. The standard InChI is InChI=1S/C15H18N2OS2/c18-14(6-5-13-4-2-9-19-13)17-8-1-3-12(11-17)15-16-7-10-20-15/h2,4,7,9-10,12H,1,3,5-6,8,11H2/t12-/m0/s1. The number of aromatic nitrogens is 1. The zero-order chi connectivity index (χ0) is 13.8. The van der Waals surface area contributed by atoms with E-state index in [9.17, 15) is 4.79 Å². The summed E-state index contributed by atoms with van der Waals surface area (Å²) in [5.41, 5.74) is 0. The fourth-order valence-electron chi connectivity index (χ4n) is 2.68. The first-order valence-electron chi connectivity index (χ1n) is 7.02. The van der Waals surface area contributed by atoms with Crippen molar-refractivity contribution in [3.05, 3.63) is 39.0 Å². The third-order valence-corrected chi connectivity index (χ3v) is 5.61. The Kier molecular flexibility index (Phi) is 4.47. The molecule has 0 aliphatic carbocycles. The van der Waals surface area contributed by atoms with Crippen molar-refractivity contribution in [3.63, 3.8) is 0 Å². The summed E-state index contributed by atoms with van der Waals surface area (Å²) >= 11 is 3.44. The SMILES string of the molecule is O=C(CCc1cccs1)N1CCC[C@H](c2nccs2)C1. The van der Waals surface area contributed by atoms with E-state index >= 15 is 0 Å². The Bertz CT molecular complexity index is 536. The van der Waals surface area contributed by atoms with Crippen LogP contribution in [0.2, 0.25) is 0 Å². The maximum absolute atomic E-state index is 12.3. The summed E-state index contributed by atoms with van der Waals surface area (Å²) in [5.74, 6) is 0.731. The molecule has 1 aliphatic rings. The number of thiophene rings is 1. The van der Waals surface area contributed by atoms with E-state index in [4.69, 9.17) is 0 Å². The second-order valence-corrected chi connectivity index (χ2v) is 7.09. The van der Waals surface area contributed by atoms with Crippen LogP contribution in [-0.2, 0) is 11.2 Å². The first-order chi connectivity index (χ1) is 9.83. The molecule has 1 aliphatic heterocycles. The van der Waals surface area contributed by atoms with Crippen molar-refractivity contribution in [2.45, 2.75) is 31.6 Å². The summed E-state index contributed by atoms with van der Waals surface area (Å²) in [6.07, 6.45) is 5.61. The second-order valence-electron chi connectivity index (χ2n) is 5.13. The van der Waals surface area contributed by atoms with Crippen LogP contribution in [0.5, 0.6) is 0 Å². The van der Waals surface area contributed by atoms with Crippen LogP contribution in [0.1, 0.15) is 35.1 Å². The van der Waals surface area contributed by atoms with Gasteiger partial charge >= 0.3 is 0 Å². The van der Waals surface area contributed by atoms with Gasteiger partial charge in [0.2, 0.25) is 5.91 Å². The van der Waals surface area contributed by atoms with Gasteiger partial charge in [-0.2, -0.15) is 0 Å². The Labute approximate surface area is 127 Å². The first-order valence-corrected chi connectivity index (χ1v) is 8.78. The quantitative estimate of drug-likeness (QED) is 0.865. The highest BCUT2D eigenvalue weighted by Crippen LogP contribution is 2.28. The van der Waals surface area contributed by atoms with Crippen molar-refractivity contribution in [1.29, 1.82) is 0 Å². The van der Waals surface area contributed by atoms with E-state index < -0.39 is 0 Å². The van der Waals surface area contributed by atoms with E-state index in [0.29, 0.717) is 18.2 Å². The van der Waals surface area contributed by atoms with Crippen molar-refractivity contribution in [1.82, 2.24) is 9.88 Å². The zero-order valence-corrected chi connectivity index (χ0v) is 13.0. The lowest BCUT2D eigenvalue weighted by Gasteiger charge is -2.32. The molecular weight excluding hydrogens is 288 g/mol. The summed E-state index contributed by atoms with van der Waals surface area (Å²) in [6, 6.07) is 4.15. The van der Waals surface area contributed by atoms with Crippen LogP contribution in [0.25, 0.3) is 0 Å². The molecule has 0 saturated carbocycles. The van der Waals surface area contributed by atoms with Crippen LogP contribution in [-0.4, -0.2) is 28.9 Å². The molecule has 3 heterocycles. The van der Waals surface area contributed by atoms with Crippen molar-refractivity contribution in [2.24, 2.45) is 0 Å². The van der Waals surface area contributed by atoms with E-state index in [1.54, 1.807) is 22.7 Å².